The fourth-order valence-electron chi connectivity index (χ4n) is 4.71. The highest BCUT2D eigenvalue weighted by atomic mass is 19.1. The van der Waals surface area contributed by atoms with Crippen LogP contribution in [0, 0.1) is 11.2 Å². The Morgan fingerprint density at radius 3 is 2.23 bits per heavy atom. The van der Waals surface area contributed by atoms with Crippen molar-refractivity contribution in [2.45, 2.75) is 39.7 Å². The molecule has 4 aromatic carbocycles. The van der Waals surface area contributed by atoms with Crippen molar-refractivity contribution in [1.29, 1.82) is 0 Å². The fourth-order valence-corrected chi connectivity index (χ4v) is 4.71. The van der Waals surface area contributed by atoms with Gasteiger partial charge in [-0.2, -0.15) is 0 Å². The SMILES string of the molecule is CC(C)(C)C(=O)N(CCCOc1ccc(CC(Nc2ccccc2C(=O)c2ccccc2)C(=O)O)cc1)c1cccc(F)c1. The molecular weight excluding hydrogens is 559 g/mol. The molecule has 0 heterocycles. The molecule has 228 valence electrons. The lowest BCUT2D eigenvalue weighted by Crippen LogP contribution is -2.40. The first-order valence-corrected chi connectivity index (χ1v) is 14.5. The van der Waals surface area contributed by atoms with E-state index in [0.717, 1.165) is 5.56 Å². The molecule has 0 spiro atoms. The van der Waals surface area contributed by atoms with Crippen LogP contribution in [0.25, 0.3) is 0 Å². The number of halogens is 1. The predicted octanol–water partition coefficient (Wildman–Crippen LogP) is 7.01. The van der Waals surface area contributed by atoms with Gasteiger partial charge in [0.05, 0.1) is 6.61 Å². The molecule has 0 aliphatic heterocycles. The number of carboxylic acids is 1. The van der Waals surface area contributed by atoms with Crippen molar-refractivity contribution >= 4 is 29.0 Å². The summed E-state index contributed by atoms with van der Waals surface area (Å²) in [5.41, 5.74) is 2.01. The molecule has 0 aliphatic rings. The molecule has 1 unspecified atom stereocenters. The zero-order valence-corrected chi connectivity index (χ0v) is 25.1. The first-order chi connectivity index (χ1) is 21.0. The van der Waals surface area contributed by atoms with Crippen molar-refractivity contribution in [3.05, 3.63) is 126 Å². The van der Waals surface area contributed by atoms with E-state index in [0.29, 0.717) is 47.8 Å². The number of hydrogen-bond acceptors (Lipinski definition) is 5. The number of carbonyl (C=O) groups excluding carboxylic acids is 2. The molecule has 0 fully saturated rings. The monoisotopic (exact) mass is 596 g/mol. The van der Waals surface area contributed by atoms with Crippen molar-refractivity contribution in [3.63, 3.8) is 0 Å². The summed E-state index contributed by atoms with van der Waals surface area (Å²) in [6.07, 6.45) is 0.702. The maximum absolute atomic E-state index is 13.9. The van der Waals surface area contributed by atoms with Crippen molar-refractivity contribution in [3.8, 4) is 5.75 Å². The number of nitrogens with zero attached hydrogens (tertiary/aromatic N) is 1. The number of aliphatic carboxylic acids is 1. The van der Waals surface area contributed by atoms with Crippen LogP contribution in [0.5, 0.6) is 5.75 Å². The number of rotatable bonds is 13. The minimum absolute atomic E-state index is 0.110. The number of anilines is 2. The lowest BCUT2D eigenvalue weighted by Gasteiger charge is -2.29. The fraction of sp³-hybridized carbons (Fsp3) is 0.250. The number of nitrogens with one attached hydrogen (secondary N) is 1. The second-order valence-electron chi connectivity index (χ2n) is 11.5. The molecule has 4 aromatic rings. The Bertz CT molecular complexity index is 1580. The molecule has 4 rings (SSSR count). The van der Waals surface area contributed by atoms with Gasteiger partial charge in [-0.05, 0) is 54.4 Å². The number of carbonyl (C=O) groups is 3. The summed E-state index contributed by atoms with van der Waals surface area (Å²) in [6.45, 7) is 6.17. The molecule has 0 saturated carbocycles. The Kier molecular flexibility index (Phi) is 10.5. The molecule has 44 heavy (non-hydrogen) atoms. The van der Waals surface area contributed by atoms with Crippen LogP contribution in [0.4, 0.5) is 15.8 Å². The van der Waals surface area contributed by atoms with E-state index in [2.05, 4.69) is 5.32 Å². The van der Waals surface area contributed by atoms with Gasteiger partial charge in [-0.1, -0.05) is 81.4 Å². The molecule has 2 N–H and O–H groups in total. The van der Waals surface area contributed by atoms with E-state index in [1.165, 1.54) is 12.1 Å². The molecule has 0 saturated heterocycles. The molecule has 8 heteroatoms. The number of ketones is 1. The zero-order valence-electron chi connectivity index (χ0n) is 25.1. The number of ether oxygens (including phenoxy) is 1. The van der Waals surface area contributed by atoms with Gasteiger partial charge in [-0.15, -0.1) is 0 Å². The van der Waals surface area contributed by atoms with Gasteiger partial charge in [0, 0.05) is 40.9 Å². The van der Waals surface area contributed by atoms with E-state index < -0.39 is 23.2 Å². The summed E-state index contributed by atoms with van der Waals surface area (Å²) in [5.74, 6) is -1.15. The summed E-state index contributed by atoms with van der Waals surface area (Å²) in [5, 5.41) is 13.0. The Hall–Kier alpha value is -4.98. The van der Waals surface area contributed by atoms with Gasteiger partial charge in [0.2, 0.25) is 5.91 Å². The van der Waals surface area contributed by atoms with Crippen LogP contribution < -0.4 is 15.0 Å². The van der Waals surface area contributed by atoms with Crippen molar-refractivity contribution in [2.24, 2.45) is 5.41 Å². The minimum Gasteiger partial charge on any atom is -0.494 e. The van der Waals surface area contributed by atoms with Gasteiger partial charge in [-0.25, -0.2) is 9.18 Å². The van der Waals surface area contributed by atoms with Crippen LogP contribution in [0.1, 0.15) is 48.7 Å². The van der Waals surface area contributed by atoms with E-state index in [-0.39, 0.29) is 18.1 Å². The Morgan fingerprint density at radius 2 is 1.57 bits per heavy atom. The van der Waals surface area contributed by atoms with Gasteiger partial charge < -0.3 is 20.1 Å². The maximum atomic E-state index is 13.9. The average molecular weight is 597 g/mol. The molecule has 0 aliphatic carbocycles. The Balaban J connectivity index is 1.36. The highest BCUT2D eigenvalue weighted by Gasteiger charge is 2.28. The topological polar surface area (TPSA) is 95.9 Å². The third kappa shape index (κ3) is 8.53. The normalized spacial score (nSPS) is 11.8. The summed E-state index contributed by atoms with van der Waals surface area (Å²) < 4.78 is 19.8. The molecule has 1 amide bonds. The second kappa shape index (κ2) is 14.5. The van der Waals surface area contributed by atoms with Crippen LogP contribution in [0.2, 0.25) is 0 Å². The number of amides is 1. The summed E-state index contributed by atoms with van der Waals surface area (Å²) in [6, 6.07) is 27.9. The van der Waals surface area contributed by atoms with Crippen LogP contribution in [-0.2, 0) is 16.0 Å². The van der Waals surface area contributed by atoms with Crippen LogP contribution >= 0.6 is 0 Å². The standard InChI is InChI=1S/C36H37FN2O5/c1-36(2,3)35(43)39(28-14-9-13-27(37)24-28)21-10-22-44-29-19-17-25(18-20-29)23-32(34(41)42)38-31-16-8-7-15-30(31)33(40)26-11-5-4-6-12-26/h4-9,11-20,24,32,38H,10,21-23H2,1-3H3,(H,41,42). The molecular formula is C36H37FN2O5. The van der Waals surface area contributed by atoms with Crippen LogP contribution in [0.15, 0.2) is 103 Å². The second-order valence-corrected chi connectivity index (χ2v) is 11.5. The maximum Gasteiger partial charge on any atom is 0.326 e. The van der Waals surface area contributed by atoms with E-state index in [1.807, 2.05) is 26.8 Å². The molecule has 1 atom stereocenters. The minimum atomic E-state index is -1.04. The lowest BCUT2D eigenvalue weighted by atomic mass is 9.94. The average Bonchev–Trinajstić information content (AvgIpc) is 3.01. The van der Waals surface area contributed by atoms with Gasteiger partial charge in [0.25, 0.3) is 0 Å². The van der Waals surface area contributed by atoms with Crippen molar-refractivity contribution < 1.29 is 28.6 Å². The highest BCUT2D eigenvalue weighted by molar-refractivity contribution is 6.12. The highest BCUT2D eigenvalue weighted by Crippen LogP contribution is 2.25. The first kappa shape index (κ1) is 31.9. The summed E-state index contributed by atoms with van der Waals surface area (Å²) in [7, 11) is 0. The Labute approximate surface area is 257 Å². The summed E-state index contributed by atoms with van der Waals surface area (Å²) >= 11 is 0. The largest absolute Gasteiger partial charge is 0.494 e. The third-order valence-electron chi connectivity index (χ3n) is 7.00. The van der Waals surface area contributed by atoms with Crippen molar-refractivity contribution in [2.75, 3.05) is 23.4 Å². The lowest BCUT2D eigenvalue weighted by molar-refractivity contribution is -0.137. The van der Waals surface area contributed by atoms with Gasteiger partial charge in [-0.3, -0.25) is 9.59 Å². The van der Waals surface area contributed by atoms with Crippen LogP contribution in [-0.4, -0.2) is 42.0 Å². The number of benzene rings is 4. The van der Waals surface area contributed by atoms with Gasteiger partial charge >= 0.3 is 5.97 Å². The molecule has 0 bridgehead atoms. The third-order valence-corrected chi connectivity index (χ3v) is 7.00. The van der Waals surface area contributed by atoms with Gasteiger partial charge in [0.1, 0.15) is 17.6 Å². The van der Waals surface area contributed by atoms with E-state index >= 15 is 0 Å². The molecule has 0 radical (unpaired) electrons. The first-order valence-electron chi connectivity index (χ1n) is 14.5. The van der Waals surface area contributed by atoms with E-state index in [9.17, 15) is 23.9 Å². The quantitative estimate of drug-likeness (QED) is 0.127. The smallest absolute Gasteiger partial charge is 0.326 e. The van der Waals surface area contributed by atoms with E-state index in [1.54, 1.807) is 89.8 Å². The molecule has 0 aromatic heterocycles. The number of para-hydroxylation sites is 1. The van der Waals surface area contributed by atoms with Crippen molar-refractivity contribution in [1.82, 2.24) is 0 Å². The predicted molar refractivity (Wildman–Crippen MR) is 170 cm³/mol. The van der Waals surface area contributed by atoms with Crippen LogP contribution in [0.3, 0.4) is 0 Å². The molecule has 7 nitrogen and oxygen atoms in total. The zero-order chi connectivity index (χ0) is 31.7. The number of carboxylic acid groups (broad SMARTS) is 1. The number of hydrogen-bond donors (Lipinski definition) is 2. The van der Waals surface area contributed by atoms with Gasteiger partial charge in [0.15, 0.2) is 5.78 Å². The Morgan fingerprint density at radius 1 is 0.886 bits per heavy atom. The summed E-state index contributed by atoms with van der Waals surface area (Å²) in [4.78, 5) is 39.9. The van der Waals surface area contributed by atoms with E-state index in [4.69, 9.17) is 4.74 Å².